The van der Waals surface area contributed by atoms with Crippen LogP contribution in [0.15, 0.2) is 0 Å². The Labute approximate surface area is 168 Å². The first kappa shape index (κ1) is 20.2. The molecule has 2 heteroatoms. The number of hydrogen-bond donors (Lipinski definition) is 0. The summed E-state index contributed by atoms with van der Waals surface area (Å²) in [6.07, 6.45) is 14.9. The van der Waals surface area contributed by atoms with Crippen LogP contribution in [0.1, 0.15) is 85.0 Å². The van der Waals surface area contributed by atoms with Crippen LogP contribution in [-0.2, 0) is 4.74 Å². The average Bonchev–Trinajstić information content (AvgIpc) is 2.94. The highest BCUT2D eigenvalue weighted by Crippen LogP contribution is 2.67. The van der Waals surface area contributed by atoms with Crippen LogP contribution in [0.4, 0.5) is 0 Å². The molecule has 4 aliphatic rings. The van der Waals surface area contributed by atoms with Crippen molar-refractivity contribution in [1.29, 1.82) is 0 Å². The highest BCUT2D eigenvalue weighted by molar-refractivity contribution is 5.08. The maximum atomic E-state index is 6.34. The number of ether oxygens (including phenoxy) is 1. The maximum Gasteiger partial charge on any atom is 0.0578 e. The number of nitrogens with zero attached hydrogens (tertiary/aromatic N) is 1. The molecule has 0 saturated heterocycles. The van der Waals surface area contributed by atoms with E-state index in [4.69, 9.17) is 4.74 Å². The summed E-state index contributed by atoms with van der Waals surface area (Å²) in [5, 5.41) is 0. The Kier molecular flexibility index (Phi) is 5.71. The van der Waals surface area contributed by atoms with Gasteiger partial charge in [-0.2, -0.15) is 0 Å². The van der Waals surface area contributed by atoms with Gasteiger partial charge >= 0.3 is 0 Å². The van der Waals surface area contributed by atoms with Crippen molar-refractivity contribution in [3.63, 3.8) is 0 Å². The van der Waals surface area contributed by atoms with Crippen molar-refractivity contribution >= 4 is 0 Å². The van der Waals surface area contributed by atoms with Gasteiger partial charge in [0.15, 0.2) is 0 Å². The van der Waals surface area contributed by atoms with Crippen LogP contribution in [0, 0.1) is 40.4 Å². The Morgan fingerprint density at radius 1 is 0.889 bits per heavy atom. The maximum absolute atomic E-state index is 6.34. The van der Waals surface area contributed by atoms with Gasteiger partial charge in [-0.1, -0.05) is 20.8 Å². The molecule has 0 spiro atoms. The molecule has 0 aromatic rings. The first-order valence-corrected chi connectivity index (χ1v) is 12.1. The Morgan fingerprint density at radius 2 is 1.63 bits per heavy atom. The highest BCUT2D eigenvalue weighted by atomic mass is 16.5. The summed E-state index contributed by atoms with van der Waals surface area (Å²) < 4.78 is 6.34. The highest BCUT2D eigenvalue weighted by Gasteiger charge is 2.59. The molecule has 2 nitrogen and oxygen atoms in total. The topological polar surface area (TPSA) is 12.5 Å². The van der Waals surface area contributed by atoms with E-state index in [0.29, 0.717) is 16.9 Å². The van der Waals surface area contributed by atoms with Crippen LogP contribution in [-0.4, -0.2) is 38.3 Å². The number of hydrogen-bond acceptors (Lipinski definition) is 2. The van der Waals surface area contributed by atoms with Gasteiger partial charge in [-0.25, -0.2) is 0 Å². The molecule has 4 aliphatic carbocycles. The van der Waals surface area contributed by atoms with E-state index >= 15 is 0 Å². The Bertz CT molecular complexity index is 518. The number of rotatable bonds is 5. The second-order valence-corrected chi connectivity index (χ2v) is 11.6. The fraction of sp³-hybridized carbons (Fsp3) is 1.00. The minimum atomic E-state index is 0.544. The molecule has 0 heterocycles. The van der Waals surface area contributed by atoms with Crippen LogP contribution >= 0.6 is 0 Å². The molecule has 0 aromatic carbocycles. The first-order valence-electron chi connectivity index (χ1n) is 12.1. The van der Waals surface area contributed by atoms with Crippen molar-refractivity contribution in [2.24, 2.45) is 40.4 Å². The van der Waals surface area contributed by atoms with Crippen molar-refractivity contribution in [3.8, 4) is 0 Å². The fourth-order valence-electron chi connectivity index (χ4n) is 8.26. The van der Waals surface area contributed by atoms with Crippen molar-refractivity contribution in [2.75, 3.05) is 27.2 Å². The summed E-state index contributed by atoms with van der Waals surface area (Å²) in [4.78, 5) is 2.27. The summed E-state index contributed by atoms with van der Waals surface area (Å²) in [6, 6.07) is 0. The van der Waals surface area contributed by atoms with Gasteiger partial charge in [0, 0.05) is 6.61 Å². The average molecular weight is 376 g/mol. The van der Waals surface area contributed by atoms with Gasteiger partial charge in [-0.15, -0.1) is 0 Å². The van der Waals surface area contributed by atoms with Crippen LogP contribution in [0.25, 0.3) is 0 Å². The van der Waals surface area contributed by atoms with E-state index in [-0.39, 0.29) is 0 Å². The van der Waals surface area contributed by atoms with Gasteiger partial charge in [0.05, 0.1) is 6.10 Å². The molecule has 4 saturated carbocycles. The van der Waals surface area contributed by atoms with E-state index in [1.54, 1.807) is 0 Å². The van der Waals surface area contributed by atoms with E-state index in [1.165, 1.54) is 64.2 Å². The van der Waals surface area contributed by atoms with Gasteiger partial charge in [0.25, 0.3) is 0 Å². The van der Waals surface area contributed by atoms with Gasteiger partial charge in [0.2, 0.25) is 0 Å². The molecule has 4 unspecified atom stereocenters. The van der Waals surface area contributed by atoms with E-state index in [9.17, 15) is 0 Å². The number of fused-ring (bicyclic) bond motifs is 5. The van der Waals surface area contributed by atoms with Gasteiger partial charge in [-0.05, 0) is 125 Å². The Balaban J connectivity index is 1.38. The summed E-state index contributed by atoms with van der Waals surface area (Å²) in [6.45, 7) is 10.00. The summed E-state index contributed by atoms with van der Waals surface area (Å²) >= 11 is 0. The molecule has 0 bridgehead atoms. The minimum absolute atomic E-state index is 0.544. The van der Waals surface area contributed by atoms with E-state index in [1.807, 2.05) is 0 Å². The smallest absolute Gasteiger partial charge is 0.0578 e. The molecule has 27 heavy (non-hydrogen) atoms. The fourth-order valence-corrected chi connectivity index (χ4v) is 8.26. The van der Waals surface area contributed by atoms with Crippen LogP contribution in [0.5, 0.6) is 0 Å². The molecular weight excluding hydrogens is 330 g/mol. The molecule has 0 radical (unpaired) electrons. The predicted molar refractivity (Wildman–Crippen MR) is 114 cm³/mol. The monoisotopic (exact) mass is 375 g/mol. The zero-order valence-electron chi connectivity index (χ0n) is 18.8. The summed E-state index contributed by atoms with van der Waals surface area (Å²) in [5.41, 5.74) is 1.27. The zero-order valence-corrected chi connectivity index (χ0v) is 18.8. The van der Waals surface area contributed by atoms with Crippen molar-refractivity contribution in [2.45, 2.75) is 91.1 Å². The lowest BCUT2D eigenvalue weighted by Crippen LogP contribution is -2.54. The minimum Gasteiger partial charge on any atom is -0.378 e. The van der Waals surface area contributed by atoms with Crippen molar-refractivity contribution < 1.29 is 4.74 Å². The normalized spacial score (nSPS) is 49.6. The van der Waals surface area contributed by atoms with Crippen LogP contribution in [0.2, 0.25) is 0 Å². The molecule has 156 valence electrons. The van der Waals surface area contributed by atoms with Crippen LogP contribution < -0.4 is 0 Å². The quantitative estimate of drug-likeness (QED) is 0.546. The third kappa shape index (κ3) is 3.52. The molecule has 0 N–H and O–H groups in total. The lowest BCUT2D eigenvalue weighted by Gasteiger charge is -2.61. The first-order chi connectivity index (χ1) is 12.8. The van der Waals surface area contributed by atoms with Crippen LogP contribution in [0.3, 0.4) is 0 Å². The zero-order chi connectivity index (χ0) is 19.2. The second kappa shape index (κ2) is 7.63. The largest absolute Gasteiger partial charge is 0.378 e. The van der Waals surface area contributed by atoms with E-state index in [0.717, 1.165) is 42.7 Å². The molecule has 0 aliphatic heterocycles. The molecule has 0 aromatic heterocycles. The standard InChI is InChI=1S/C25H45NO/c1-18-7-10-22-21-9-8-19-17-20(27-16-6-15-26(4)5)11-13-25(19,3)23(21)12-14-24(18,22)2/h18-23H,6-17H2,1-5H3/t18-,19?,20+,21?,22?,23?,24+,25-/m0/s1. The second-order valence-electron chi connectivity index (χ2n) is 11.6. The lowest BCUT2D eigenvalue weighted by molar-refractivity contribution is -0.134. The summed E-state index contributed by atoms with van der Waals surface area (Å²) in [7, 11) is 4.31. The molecule has 8 atom stereocenters. The van der Waals surface area contributed by atoms with Crippen molar-refractivity contribution in [1.82, 2.24) is 4.90 Å². The third-order valence-electron chi connectivity index (χ3n) is 10.2. The Hall–Kier alpha value is -0.0800. The lowest BCUT2D eigenvalue weighted by atomic mass is 9.45. The predicted octanol–water partition coefficient (Wildman–Crippen LogP) is 6.00. The van der Waals surface area contributed by atoms with Gasteiger partial charge < -0.3 is 9.64 Å². The third-order valence-corrected chi connectivity index (χ3v) is 10.2. The van der Waals surface area contributed by atoms with Crippen molar-refractivity contribution in [3.05, 3.63) is 0 Å². The Morgan fingerprint density at radius 3 is 2.41 bits per heavy atom. The molecule has 4 fully saturated rings. The molecular formula is C25H45NO. The van der Waals surface area contributed by atoms with Gasteiger partial charge in [-0.3, -0.25) is 0 Å². The van der Waals surface area contributed by atoms with E-state index < -0.39 is 0 Å². The molecule has 0 amide bonds. The SMILES string of the molecule is C[C@H]1CCC2C3CCC4C[C@H](OCCCN(C)C)CC[C@]4(C)C3CC[C@@]21C. The molecule has 4 rings (SSSR count). The van der Waals surface area contributed by atoms with E-state index in [2.05, 4.69) is 39.8 Å². The summed E-state index contributed by atoms with van der Waals surface area (Å²) in [5.74, 6) is 4.96. The van der Waals surface area contributed by atoms with Gasteiger partial charge in [0.1, 0.15) is 0 Å².